The molecule has 2 amide bonds. The Kier molecular flexibility index (Phi) is 4.72. The summed E-state index contributed by atoms with van der Waals surface area (Å²) < 4.78 is 0. The van der Waals surface area contributed by atoms with Gasteiger partial charge in [-0.2, -0.15) is 0 Å². The molecule has 0 bridgehead atoms. The molecule has 2 aliphatic heterocycles. The second-order valence-electron chi connectivity index (χ2n) is 7.19. The van der Waals surface area contributed by atoms with Crippen LogP contribution in [0.1, 0.15) is 36.5 Å². The van der Waals surface area contributed by atoms with Gasteiger partial charge in [-0.05, 0) is 36.5 Å². The molecule has 2 aliphatic rings. The van der Waals surface area contributed by atoms with Crippen LogP contribution in [0.5, 0.6) is 0 Å². The lowest BCUT2D eigenvalue weighted by molar-refractivity contribution is -0.136. The third-order valence-corrected chi connectivity index (χ3v) is 7.24. The standard InChI is InChI=1S/C22H24N2O2S/c1-3-16-9-7-8-15(2)20(16)23-21(26)18-14-27-22(13-12-19(25)24(18)22)17-10-5-4-6-11-17/h4-11,18H,3,12-14H2,1-2H3,(H,23,26)/t18-,22-/m0/s1. The van der Waals surface area contributed by atoms with Gasteiger partial charge < -0.3 is 10.2 Å². The maximum absolute atomic E-state index is 13.2. The summed E-state index contributed by atoms with van der Waals surface area (Å²) in [4.78, 5) is 27.3. The van der Waals surface area contributed by atoms with Gasteiger partial charge in [0, 0.05) is 17.9 Å². The Bertz CT molecular complexity index is 883. The van der Waals surface area contributed by atoms with Crippen LogP contribution < -0.4 is 5.32 Å². The molecule has 2 atom stereocenters. The number of amides is 2. The van der Waals surface area contributed by atoms with E-state index in [1.54, 1.807) is 11.8 Å². The maximum Gasteiger partial charge on any atom is 0.248 e. The van der Waals surface area contributed by atoms with Gasteiger partial charge >= 0.3 is 0 Å². The number of nitrogens with one attached hydrogen (secondary N) is 1. The molecule has 5 heteroatoms. The first-order valence-corrected chi connectivity index (χ1v) is 10.5. The molecular weight excluding hydrogens is 356 g/mol. The zero-order chi connectivity index (χ0) is 19.0. The van der Waals surface area contributed by atoms with E-state index in [-0.39, 0.29) is 11.8 Å². The van der Waals surface area contributed by atoms with Crippen LogP contribution in [-0.2, 0) is 20.9 Å². The lowest BCUT2D eigenvalue weighted by Crippen LogP contribution is -2.48. The molecular formula is C22H24N2O2S. The van der Waals surface area contributed by atoms with Crippen LogP contribution in [0.15, 0.2) is 48.5 Å². The first kappa shape index (κ1) is 18.1. The minimum absolute atomic E-state index is 0.0736. The SMILES string of the molecule is CCc1cccc(C)c1NC(=O)[C@@H]1CS[C@]2(c3ccccc3)CCC(=O)N12. The number of fused-ring (bicyclic) bond motifs is 1. The summed E-state index contributed by atoms with van der Waals surface area (Å²) in [5, 5.41) is 3.13. The summed E-state index contributed by atoms with van der Waals surface area (Å²) in [5.41, 5.74) is 4.17. The molecule has 2 heterocycles. The second-order valence-corrected chi connectivity index (χ2v) is 8.49. The monoisotopic (exact) mass is 380 g/mol. The average Bonchev–Trinajstić information content (AvgIpc) is 3.23. The van der Waals surface area contributed by atoms with E-state index in [0.717, 1.165) is 35.2 Å². The number of para-hydroxylation sites is 1. The number of carbonyl (C=O) groups is 2. The van der Waals surface area contributed by atoms with Crippen LogP contribution in [-0.4, -0.2) is 28.5 Å². The Balaban J connectivity index is 1.64. The first-order valence-electron chi connectivity index (χ1n) is 9.48. The Labute approximate surface area is 164 Å². The molecule has 0 unspecified atom stereocenters. The topological polar surface area (TPSA) is 49.4 Å². The third kappa shape index (κ3) is 2.94. The van der Waals surface area contributed by atoms with Crippen molar-refractivity contribution in [2.45, 2.75) is 44.0 Å². The largest absolute Gasteiger partial charge is 0.324 e. The van der Waals surface area contributed by atoms with E-state index < -0.39 is 10.9 Å². The minimum Gasteiger partial charge on any atom is -0.324 e. The molecule has 140 valence electrons. The summed E-state index contributed by atoms with van der Waals surface area (Å²) in [5.74, 6) is 0.615. The van der Waals surface area contributed by atoms with Gasteiger partial charge in [-0.25, -0.2) is 0 Å². The maximum atomic E-state index is 13.2. The lowest BCUT2D eigenvalue weighted by atomic mass is 10.0. The highest BCUT2D eigenvalue weighted by Crippen LogP contribution is 2.54. The molecule has 0 aromatic heterocycles. The highest BCUT2D eigenvalue weighted by Gasteiger charge is 2.56. The van der Waals surface area contributed by atoms with E-state index >= 15 is 0 Å². The van der Waals surface area contributed by atoms with Gasteiger partial charge in [0.2, 0.25) is 11.8 Å². The van der Waals surface area contributed by atoms with Gasteiger partial charge in [0.25, 0.3) is 0 Å². The number of aryl methyl sites for hydroxylation is 2. The Morgan fingerprint density at radius 2 is 2.00 bits per heavy atom. The van der Waals surface area contributed by atoms with Gasteiger partial charge in [0.05, 0.1) is 0 Å². The van der Waals surface area contributed by atoms with Gasteiger partial charge in [-0.1, -0.05) is 55.5 Å². The lowest BCUT2D eigenvalue weighted by Gasteiger charge is -2.34. The molecule has 2 saturated heterocycles. The summed E-state index contributed by atoms with van der Waals surface area (Å²) in [6.45, 7) is 4.09. The van der Waals surface area contributed by atoms with Crippen molar-refractivity contribution in [1.29, 1.82) is 0 Å². The van der Waals surface area contributed by atoms with Crippen molar-refractivity contribution < 1.29 is 9.59 Å². The number of thioether (sulfide) groups is 1. The molecule has 27 heavy (non-hydrogen) atoms. The van der Waals surface area contributed by atoms with Crippen LogP contribution in [0.3, 0.4) is 0 Å². The Morgan fingerprint density at radius 1 is 1.22 bits per heavy atom. The molecule has 0 aliphatic carbocycles. The molecule has 2 aromatic carbocycles. The fourth-order valence-corrected chi connectivity index (χ4v) is 5.90. The number of rotatable bonds is 4. The average molecular weight is 381 g/mol. The van der Waals surface area contributed by atoms with Crippen LogP contribution in [0.25, 0.3) is 0 Å². The summed E-state index contributed by atoms with van der Waals surface area (Å²) in [6, 6.07) is 15.7. The van der Waals surface area contributed by atoms with Crippen LogP contribution >= 0.6 is 11.8 Å². The molecule has 0 radical (unpaired) electrons. The van der Waals surface area contributed by atoms with Crippen molar-refractivity contribution in [3.63, 3.8) is 0 Å². The molecule has 0 saturated carbocycles. The zero-order valence-electron chi connectivity index (χ0n) is 15.7. The van der Waals surface area contributed by atoms with Crippen LogP contribution in [0.4, 0.5) is 5.69 Å². The van der Waals surface area contributed by atoms with Gasteiger partial charge in [-0.3, -0.25) is 9.59 Å². The van der Waals surface area contributed by atoms with Crippen LogP contribution in [0.2, 0.25) is 0 Å². The predicted molar refractivity (Wildman–Crippen MR) is 110 cm³/mol. The first-order chi connectivity index (χ1) is 13.1. The van der Waals surface area contributed by atoms with E-state index in [2.05, 4.69) is 24.4 Å². The molecule has 1 N–H and O–H groups in total. The minimum atomic E-state index is -0.436. The van der Waals surface area contributed by atoms with Gasteiger partial charge in [-0.15, -0.1) is 11.8 Å². The van der Waals surface area contributed by atoms with Crippen molar-refractivity contribution in [1.82, 2.24) is 4.90 Å². The smallest absolute Gasteiger partial charge is 0.248 e. The van der Waals surface area contributed by atoms with Gasteiger partial charge in [0.15, 0.2) is 0 Å². The third-order valence-electron chi connectivity index (χ3n) is 5.64. The van der Waals surface area contributed by atoms with E-state index in [1.807, 2.05) is 48.2 Å². The number of benzene rings is 2. The van der Waals surface area contributed by atoms with Crippen molar-refractivity contribution in [2.24, 2.45) is 0 Å². The van der Waals surface area contributed by atoms with E-state index in [1.165, 1.54) is 0 Å². The van der Waals surface area contributed by atoms with Crippen molar-refractivity contribution in [3.8, 4) is 0 Å². The molecule has 2 aromatic rings. The molecule has 0 spiro atoms. The number of nitrogens with zero attached hydrogens (tertiary/aromatic N) is 1. The predicted octanol–water partition coefficient (Wildman–Crippen LogP) is 4.09. The van der Waals surface area contributed by atoms with Crippen molar-refractivity contribution in [2.75, 3.05) is 11.1 Å². The highest BCUT2D eigenvalue weighted by molar-refractivity contribution is 8.00. The summed E-state index contributed by atoms with van der Waals surface area (Å²) in [6.07, 6.45) is 2.11. The number of anilines is 1. The second kappa shape index (κ2) is 7.04. The van der Waals surface area contributed by atoms with E-state index in [9.17, 15) is 9.59 Å². The quantitative estimate of drug-likeness (QED) is 0.869. The van der Waals surface area contributed by atoms with Gasteiger partial charge in [0.1, 0.15) is 10.9 Å². The van der Waals surface area contributed by atoms with E-state index in [0.29, 0.717) is 12.2 Å². The molecule has 4 nitrogen and oxygen atoms in total. The summed E-state index contributed by atoms with van der Waals surface area (Å²) >= 11 is 1.72. The summed E-state index contributed by atoms with van der Waals surface area (Å²) in [7, 11) is 0. The molecule has 4 rings (SSSR count). The zero-order valence-corrected chi connectivity index (χ0v) is 16.5. The highest BCUT2D eigenvalue weighted by atomic mass is 32.2. The Morgan fingerprint density at radius 3 is 2.74 bits per heavy atom. The van der Waals surface area contributed by atoms with E-state index in [4.69, 9.17) is 0 Å². The normalized spacial score (nSPS) is 24.1. The van der Waals surface area contributed by atoms with Crippen molar-refractivity contribution >= 4 is 29.3 Å². The van der Waals surface area contributed by atoms with Crippen LogP contribution in [0, 0.1) is 6.92 Å². The fourth-order valence-electron chi connectivity index (χ4n) is 4.24. The number of hydrogen-bond donors (Lipinski definition) is 1. The fraction of sp³-hybridized carbons (Fsp3) is 0.364. The number of hydrogen-bond acceptors (Lipinski definition) is 3. The Hall–Kier alpha value is -2.27. The van der Waals surface area contributed by atoms with Crippen molar-refractivity contribution in [3.05, 3.63) is 65.2 Å². The molecule has 2 fully saturated rings. The number of carbonyl (C=O) groups excluding carboxylic acids is 2.